The number of esters is 1. The number of carboxylic acid groups (broad SMARTS) is 1. The van der Waals surface area contributed by atoms with E-state index in [0.717, 1.165) is 5.75 Å². The van der Waals surface area contributed by atoms with Gasteiger partial charge < -0.3 is 9.84 Å². The molecular weight excluding hydrogens is 356 g/mol. The maximum absolute atomic E-state index is 12.4. The first-order chi connectivity index (χ1) is 10.0. The van der Waals surface area contributed by atoms with Crippen LogP contribution in [0.15, 0.2) is 28.7 Å². The van der Waals surface area contributed by atoms with Crippen molar-refractivity contribution in [3.05, 3.63) is 34.3 Å². The number of hydrogen-bond donors (Lipinski definition) is 1. The van der Waals surface area contributed by atoms with E-state index in [2.05, 4.69) is 15.9 Å². The van der Waals surface area contributed by atoms with Gasteiger partial charge >= 0.3 is 11.9 Å². The molecule has 0 heterocycles. The van der Waals surface area contributed by atoms with Crippen LogP contribution in [0, 0.1) is 0 Å². The van der Waals surface area contributed by atoms with Gasteiger partial charge in [-0.2, -0.15) is 11.8 Å². The van der Waals surface area contributed by atoms with E-state index in [1.165, 1.54) is 0 Å². The number of rotatable bonds is 8. The van der Waals surface area contributed by atoms with Crippen LogP contribution in [-0.2, 0) is 19.7 Å². The number of carbonyl (C=O) groups is 2. The molecule has 1 aromatic carbocycles. The molecule has 0 fully saturated rings. The zero-order valence-electron chi connectivity index (χ0n) is 12.1. The number of benzene rings is 1. The fourth-order valence-electron chi connectivity index (χ4n) is 2.09. The summed E-state index contributed by atoms with van der Waals surface area (Å²) in [4.78, 5) is 24.4. The van der Waals surface area contributed by atoms with Gasteiger partial charge in [0.05, 0.1) is 6.61 Å². The molecule has 1 N–H and O–H groups in total. The second-order valence-corrected chi connectivity index (χ2v) is 6.61. The number of aliphatic carboxylic acids is 1. The van der Waals surface area contributed by atoms with Crippen LogP contribution in [0.5, 0.6) is 0 Å². The molecule has 1 atom stereocenters. The van der Waals surface area contributed by atoms with Crippen LogP contribution in [0.1, 0.15) is 25.8 Å². The summed E-state index contributed by atoms with van der Waals surface area (Å²) >= 11 is 4.95. The average molecular weight is 375 g/mol. The maximum atomic E-state index is 12.4. The Bertz CT molecular complexity index is 506. The molecule has 0 spiro atoms. The molecule has 21 heavy (non-hydrogen) atoms. The van der Waals surface area contributed by atoms with Gasteiger partial charge in [0.2, 0.25) is 0 Å². The second kappa shape index (κ2) is 8.44. The number of thioether (sulfide) groups is 1. The Labute approximate surface area is 137 Å². The number of ether oxygens (including phenoxy) is 1. The van der Waals surface area contributed by atoms with Crippen molar-refractivity contribution in [2.45, 2.75) is 25.7 Å². The van der Waals surface area contributed by atoms with Gasteiger partial charge in [0.25, 0.3) is 0 Å². The van der Waals surface area contributed by atoms with Gasteiger partial charge in [-0.15, -0.1) is 0 Å². The molecule has 0 bridgehead atoms. The van der Waals surface area contributed by atoms with Crippen LogP contribution in [0.2, 0.25) is 0 Å². The standard InChI is InChI=1S/C15H19BrO4S/c1-3-20-14(19)15(13(17)18,9-10-21-4-2)11-7-5-6-8-12(11)16/h5-8H,3-4,9-10H2,1-2H3,(H,17,18). The van der Waals surface area contributed by atoms with Crippen LogP contribution < -0.4 is 0 Å². The molecule has 0 aliphatic heterocycles. The Morgan fingerprint density at radius 2 is 2.00 bits per heavy atom. The third-order valence-electron chi connectivity index (χ3n) is 3.15. The molecule has 1 unspecified atom stereocenters. The zero-order chi connectivity index (χ0) is 15.9. The minimum atomic E-state index is -1.67. The summed E-state index contributed by atoms with van der Waals surface area (Å²) in [6.45, 7) is 3.82. The minimum Gasteiger partial charge on any atom is -0.480 e. The van der Waals surface area contributed by atoms with Gasteiger partial charge in [-0.3, -0.25) is 9.59 Å². The lowest BCUT2D eigenvalue weighted by Gasteiger charge is -2.28. The monoisotopic (exact) mass is 374 g/mol. The molecule has 116 valence electrons. The summed E-state index contributed by atoms with van der Waals surface area (Å²) in [5.41, 5.74) is -1.23. The Kier molecular flexibility index (Phi) is 7.25. The smallest absolute Gasteiger partial charge is 0.328 e. The largest absolute Gasteiger partial charge is 0.480 e. The summed E-state index contributed by atoms with van der Waals surface area (Å²) in [5, 5.41) is 9.77. The molecule has 1 aromatic rings. The normalized spacial score (nSPS) is 13.5. The van der Waals surface area contributed by atoms with Crippen molar-refractivity contribution in [1.29, 1.82) is 0 Å². The fraction of sp³-hybridized carbons (Fsp3) is 0.467. The molecule has 0 aromatic heterocycles. The second-order valence-electron chi connectivity index (χ2n) is 4.36. The van der Waals surface area contributed by atoms with E-state index in [0.29, 0.717) is 15.8 Å². The van der Waals surface area contributed by atoms with Gasteiger partial charge in [0.1, 0.15) is 0 Å². The van der Waals surface area contributed by atoms with Crippen molar-refractivity contribution < 1.29 is 19.4 Å². The van der Waals surface area contributed by atoms with E-state index in [9.17, 15) is 14.7 Å². The van der Waals surface area contributed by atoms with Gasteiger partial charge in [0.15, 0.2) is 5.41 Å². The van der Waals surface area contributed by atoms with Crippen molar-refractivity contribution in [1.82, 2.24) is 0 Å². The SMILES string of the molecule is CCOC(=O)C(CCSCC)(C(=O)O)c1ccccc1Br. The van der Waals surface area contributed by atoms with Crippen molar-refractivity contribution in [2.24, 2.45) is 0 Å². The lowest BCUT2D eigenvalue weighted by Crippen LogP contribution is -2.46. The Morgan fingerprint density at radius 3 is 2.52 bits per heavy atom. The fourth-order valence-corrected chi connectivity index (χ4v) is 3.45. The predicted molar refractivity (Wildman–Crippen MR) is 87.7 cm³/mol. The third-order valence-corrected chi connectivity index (χ3v) is 4.74. The first-order valence-corrected chi connectivity index (χ1v) is 8.68. The van der Waals surface area contributed by atoms with Crippen LogP contribution in [-0.4, -0.2) is 35.2 Å². The maximum Gasteiger partial charge on any atom is 0.328 e. The van der Waals surface area contributed by atoms with Crippen molar-refractivity contribution in [2.75, 3.05) is 18.1 Å². The molecule has 0 aliphatic carbocycles. The Balaban J connectivity index is 3.33. The molecule has 0 saturated carbocycles. The molecule has 4 nitrogen and oxygen atoms in total. The molecule has 0 aliphatic rings. The minimum absolute atomic E-state index is 0.152. The summed E-state index contributed by atoms with van der Waals surface area (Å²) in [6.07, 6.45) is 0.197. The quantitative estimate of drug-likeness (QED) is 0.428. The van der Waals surface area contributed by atoms with E-state index in [1.807, 2.05) is 6.92 Å². The lowest BCUT2D eigenvalue weighted by molar-refractivity contribution is -0.161. The Morgan fingerprint density at radius 1 is 1.33 bits per heavy atom. The first kappa shape index (κ1) is 18.0. The molecule has 0 radical (unpaired) electrons. The predicted octanol–water partition coefficient (Wildman–Crippen LogP) is 3.48. The van der Waals surface area contributed by atoms with Crippen LogP contribution in [0.3, 0.4) is 0 Å². The lowest BCUT2D eigenvalue weighted by atomic mass is 9.78. The first-order valence-electron chi connectivity index (χ1n) is 6.74. The number of carboxylic acids is 1. The summed E-state index contributed by atoms with van der Waals surface area (Å²) in [7, 11) is 0. The van der Waals surface area contributed by atoms with E-state index in [1.54, 1.807) is 43.0 Å². The Hall–Kier alpha value is -1.01. The highest BCUT2D eigenvalue weighted by molar-refractivity contribution is 9.10. The summed E-state index contributed by atoms with van der Waals surface area (Å²) < 4.78 is 5.66. The van der Waals surface area contributed by atoms with Crippen LogP contribution in [0.4, 0.5) is 0 Å². The van der Waals surface area contributed by atoms with Crippen molar-refractivity contribution in [3.8, 4) is 0 Å². The molecular formula is C15H19BrO4S. The van der Waals surface area contributed by atoms with Crippen molar-refractivity contribution in [3.63, 3.8) is 0 Å². The van der Waals surface area contributed by atoms with Crippen LogP contribution >= 0.6 is 27.7 Å². The highest BCUT2D eigenvalue weighted by atomic mass is 79.9. The molecule has 0 saturated heterocycles. The number of carbonyl (C=O) groups excluding carboxylic acids is 1. The van der Waals surface area contributed by atoms with E-state index in [-0.39, 0.29) is 13.0 Å². The van der Waals surface area contributed by atoms with Crippen molar-refractivity contribution >= 4 is 39.6 Å². The summed E-state index contributed by atoms with van der Waals surface area (Å²) in [5.74, 6) is -0.442. The van der Waals surface area contributed by atoms with Gasteiger partial charge in [-0.1, -0.05) is 41.1 Å². The number of halogens is 1. The van der Waals surface area contributed by atoms with E-state index < -0.39 is 17.4 Å². The average Bonchev–Trinajstić information content (AvgIpc) is 2.44. The van der Waals surface area contributed by atoms with E-state index >= 15 is 0 Å². The third kappa shape index (κ3) is 4.01. The topological polar surface area (TPSA) is 63.6 Å². The molecule has 1 rings (SSSR count). The molecule has 6 heteroatoms. The zero-order valence-corrected chi connectivity index (χ0v) is 14.5. The van der Waals surface area contributed by atoms with Crippen LogP contribution in [0.25, 0.3) is 0 Å². The highest BCUT2D eigenvalue weighted by Gasteiger charge is 2.50. The van der Waals surface area contributed by atoms with E-state index in [4.69, 9.17) is 4.74 Å². The van der Waals surface area contributed by atoms with Gasteiger partial charge in [-0.05, 0) is 36.5 Å². The molecule has 0 amide bonds. The van der Waals surface area contributed by atoms with Gasteiger partial charge in [0, 0.05) is 4.47 Å². The van der Waals surface area contributed by atoms with Gasteiger partial charge in [-0.25, -0.2) is 0 Å². The number of hydrogen-bond acceptors (Lipinski definition) is 4. The summed E-state index contributed by atoms with van der Waals surface area (Å²) in [6, 6.07) is 6.90. The highest BCUT2D eigenvalue weighted by Crippen LogP contribution is 2.36.